The van der Waals surface area contributed by atoms with E-state index in [2.05, 4.69) is 15.1 Å². The van der Waals surface area contributed by atoms with Crippen molar-refractivity contribution in [3.8, 4) is 5.75 Å². The average molecular weight is 394 g/mol. The lowest BCUT2D eigenvalue weighted by molar-refractivity contribution is 0.0931. The van der Waals surface area contributed by atoms with Gasteiger partial charge in [-0.1, -0.05) is 6.07 Å². The van der Waals surface area contributed by atoms with Crippen molar-refractivity contribution in [3.05, 3.63) is 41.7 Å². The van der Waals surface area contributed by atoms with Crippen LogP contribution in [0.2, 0.25) is 0 Å². The smallest absolute Gasteiger partial charge is 0.271 e. The summed E-state index contributed by atoms with van der Waals surface area (Å²) in [4.78, 5) is 12.2. The van der Waals surface area contributed by atoms with E-state index in [4.69, 9.17) is 9.47 Å². The molecule has 1 aliphatic rings. The Balaban J connectivity index is 1.63. The van der Waals surface area contributed by atoms with E-state index in [9.17, 15) is 13.2 Å². The summed E-state index contributed by atoms with van der Waals surface area (Å²) in [7, 11) is -0.634. The van der Waals surface area contributed by atoms with Crippen molar-refractivity contribution >= 4 is 15.9 Å². The van der Waals surface area contributed by atoms with E-state index in [-0.39, 0.29) is 16.8 Å². The molecule has 0 radical (unpaired) electrons. The van der Waals surface area contributed by atoms with Crippen molar-refractivity contribution in [3.63, 3.8) is 0 Å². The highest BCUT2D eigenvalue weighted by Gasteiger charge is 2.29. The molecule has 0 spiro atoms. The van der Waals surface area contributed by atoms with E-state index >= 15 is 0 Å². The molecular weight excluding hydrogens is 372 g/mol. The molecule has 0 bridgehead atoms. The van der Waals surface area contributed by atoms with Gasteiger partial charge in [0.2, 0.25) is 10.0 Å². The molecule has 0 unspecified atom stereocenters. The fraction of sp³-hybridized carbons (Fsp3) is 0.412. The Labute approximate surface area is 157 Å². The first kappa shape index (κ1) is 19.3. The Morgan fingerprint density at radius 2 is 2.15 bits per heavy atom. The number of rotatable bonds is 8. The second kappa shape index (κ2) is 8.07. The number of benzene rings is 1. The number of aromatic nitrogens is 2. The van der Waals surface area contributed by atoms with Crippen LogP contribution in [0.3, 0.4) is 0 Å². The number of fused-ring (bicyclic) bond motifs is 1. The number of nitrogens with zero attached hydrogens (tertiary/aromatic N) is 2. The average Bonchev–Trinajstić information content (AvgIpc) is 3.20. The summed E-state index contributed by atoms with van der Waals surface area (Å²) >= 11 is 0. The molecule has 9 nitrogen and oxygen atoms in total. The lowest BCUT2D eigenvalue weighted by atomic mass is 10.2. The van der Waals surface area contributed by atoms with Gasteiger partial charge in [-0.05, 0) is 18.2 Å². The van der Waals surface area contributed by atoms with Crippen LogP contribution in [0.4, 0.5) is 0 Å². The summed E-state index contributed by atoms with van der Waals surface area (Å²) in [6.45, 7) is 1.19. The van der Waals surface area contributed by atoms with Crippen LogP contribution in [0.25, 0.3) is 0 Å². The van der Waals surface area contributed by atoms with Gasteiger partial charge in [0.15, 0.2) is 0 Å². The van der Waals surface area contributed by atoms with Gasteiger partial charge in [0.25, 0.3) is 5.91 Å². The molecule has 0 aliphatic carbocycles. The zero-order chi connectivity index (χ0) is 19.4. The number of amides is 1. The number of ether oxygens (including phenoxy) is 2. The number of methoxy groups -OCH3 is 2. The van der Waals surface area contributed by atoms with Crippen molar-refractivity contribution < 1.29 is 22.7 Å². The molecule has 1 aromatic carbocycles. The number of carbonyl (C=O) groups excluding carboxylic acids is 1. The van der Waals surface area contributed by atoms with E-state index in [0.717, 1.165) is 5.69 Å². The fourth-order valence-corrected chi connectivity index (χ4v) is 4.17. The summed E-state index contributed by atoms with van der Waals surface area (Å²) in [6, 6.07) is 7.65. The van der Waals surface area contributed by atoms with Gasteiger partial charge in [-0.2, -0.15) is 5.10 Å². The zero-order valence-electron chi connectivity index (χ0n) is 15.1. The van der Waals surface area contributed by atoms with Crippen molar-refractivity contribution in [2.75, 3.05) is 27.4 Å². The van der Waals surface area contributed by atoms with Crippen LogP contribution in [-0.2, 0) is 27.7 Å². The summed E-state index contributed by atoms with van der Waals surface area (Å²) in [6.07, 6.45) is 0.460. The Morgan fingerprint density at radius 3 is 2.85 bits per heavy atom. The molecule has 2 N–H and O–H groups in total. The monoisotopic (exact) mass is 394 g/mol. The second-order valence-electron chi connectivity index (χ2n) is 6.15. The van der Waals surface area contributed by atoms with E-state index < -0.39 is 10.0 Å². The summed E-state index contributed by atoms with van der Waals surface area (Å²) in [5, 5.41) is 6.97. The molecule has 10 heteroatoms. The van der Waals surface area contributed by atoms with Gasteiger partial charge in [0.1, 0.15) is 11.4 Å². The Bertz CT molecular complexity index is 902. The molecule has 1 aliphatic heterocycles. The highest BCUT2D eigenvalue weighted by molar-refractivity contribution is 7.89. The first-order valence-corrected chi connectivity index (χ1v) is 9.91. The summed E-state index contributed by atoms with van der Waals surface area (Å²) < 4.78 is 39.5. The summed E-state index contributed by atoms with van der Waals surface area (Å²) in [5.74, 6) is 0.198. The predicted molar refractivity (Wildman–Crippen MR) is 97.2 cm³/mol. The SMILES string of the molecule is COCCNC(=O)c1cc2n(n1)C[C@@H](NS(=O)(=O)c1cccc(OC)c1)C2. The molecule has 0 fully saturated rings. The first-order valence-electron chi connectivity index (χ1n) is 8.43. The number of sulfonamides is 1. The third-order valence-corrected chi connectivity index (χ3v) is 5.73. The maximum atomic E-state index is 12.6. The number of hydrogen-bond acceptors (Lipinski definition) is 6. The van der Waals surface area contributed by atoms with Gasteiger partial charge >= 0.3 is 0 Å². The fourth-order valence-electron chi connectivity index (χ4n) is 2.91. The van der Waals surface area contributed by atoms with E-state index in [1.807, 2.05) is 0 Å². The number of carbonyl (C=O) groups is 1. The molecular formula is C17H22N4O5S. The van der Waals surface area contributed by atoms with Crippen molar-refractivity contribution in [1.82, 2.24) is 19.8 Å². The largest absolute Gasteiger partial charge is 0.497 e. The lowest BCUT2D eigenvalue weighted by Crippen LogP contribution is -2.36. The molecule has 3 rings (SSSR count). The zero-order valence-corrected chi connectivity index (χ0v) is 16.0. The number of hydrogen-bond donors (Lipinski definition) is 2. The lowest BCUT2D eigenvalue weighted by Gasteiger charge is -2.13. The van der Waals surface area contributed by atoms with Crippen LogP contribution in [0.1, 0.15) is 16.2 Å². The van der Waals surface area contributed by atoms with E-state index in [1.165, 1.54) is 19.2 Å². The molecule has 2 aromatic rings. The highest BCUT2D eigenvalue weighted by Crippen LogP contribution is 2.20. The second-order valence-corrected chi connectivity index (χ2v) is 7.87. The molecule has 2 heterocycles. The van der Waals surface area contributed by atoms with Crippen molar-refractivity contribution in [1.29, 1.82) is 0 Å². The van der Waals surface area contributed by atoms with Gasteiger partial charge in [-0.3, -0.25) is 9.48 Å². The molecule has 1 aromatic heterocycles. The van der Waals surface area contributed by atoms with Crippen LogP contribution in [0.15, 0.2) is 35.2 Å². The minimum atomic E-state index is -3.68. The third-order valence-electron chi connectivity index (χ3n) is 4.21. The first-order chi connectivity index (χ1) is 12.9. The maximum absolute atomic E-state index is 12.6. The topological polar surface area (TPSA) is 112 Å². The van der Waals surface area contributed by atoms with Crippen LogP contribution in [0.5, 0.6) is 5.75 Å². The summed E-state index contributed by atoms with van der Waals surface area (Å²) in [5.41, 5.74) is 1.13. The van der Waals surface area contributed by atoms with Crippen molar-refractivity contribution in [2.24, 2.45) is 0 Å². The van der Waals surface area contributed by atoms with Crippen LogP contribution < -0.4 is 14.8 Å². The number of nitrogens with one attached hydrogen (secondary N) is 2. The minimum Gasteiger partial charge on any atom is -0.497 e. The maximum Gasteiger partial charge on any atom is 0.271 e. The normalized spacial score (nSPS) is 16.1. The molecule has 0 saturated carbocycles. The minimum absolute atomic E-state index is 0.143. The molecule has 27 heavy (non-hydrogen) atoms. The van der Waals surface area contributed by atoms with Gasteiger partial charge < -0.3 is 14.8 Å². The van der Waals surface area contributed by atoms with Crippen LogP contribution in [-0.4, -0.2) is 57.5 Å². The van der Waals surface area contributed by atoms with E-state index in [1.54, 1.807) is 30.0 Å². The molecule has 1 amide bonds. The Hall–Kier alpha value is -2.43. The standard InChI is InChI=1S/C17H22N4O5S/c1-25-7-6-18-17(22)16-9-13-8-12(11-21(13)19-16)20-27(23,24)15-5-3-4-14(10-15)26-2/h3-5,9-10,12,20H,6-8,11H2,1-2H3,(H,18,22)/t12-/m0/s1. The van der Waals surface area contributed by atoms with Gasteiger partial charge in [0, 0.05) is 37.9 Å². The third kappa shape index (κ3) is 4.46. The van der Waals surface area contributed by atoms with Gasteiger partial charge in [0.05, 0.1) is 25.2 Å². The molecule has 146 valence electrons. The van der Waals surface area contributed by atoms with Crippen LogP contribution in [0, 0.1) is 0 Å². The van der Waals surface area contributed by atoms with Crippen LogP contribution >= 0.6 is 0 Å². The molecule has 0 saturated heterocycles. The predicted octanol–water partition coefficient (Wildman–Crippen LogP) is 0.171. The Morgan fingerprint density at radius 1 is 1.33 bits per heavy atom. The van der Waals surface area contributed by atoms with E-state index in [0.29, 0.717) is 37.6 Å². The molecule has 1 atom stereocenters. The van der Waals surface area contributed by atoms with Gasteiger partial charge in [-0.25, -0.2) is 13.1 Å². The quantitative estimate of drug-likeness (QED) is 0.618. The highest BCUT2D eigenvalue weighted by atomic mass is 32.2. The Kier molecular flexibility index (Phi) is 5.78. The van der Waals surface area contributed by atoms with Crippen molar-refractivity contribution in [2.45, 2.75) is 23.9 Å². The van der Waals surface area contributed by atoms with Gasteiger partial charge in [-0.15, -0.1) is 0 Å².